The van der Waals surface area contributed by atoms with Crippen LogP contribution in [0.25, 0.3) is 0 Å². The first-order valence-corrected chi connectivity index (χ1v) is 9.79. The predicted molar refractivity (Wildman–Crippen MR) is 108 cm³/mol. The molecule has 0 amide bonds. The Morgan fingerprint density at radius 2 is 2.00 bits per heavy atom. The van der Waals surface area contributed by atoms with Crippen LogP contribution >= 0.6 is 0 Å². The van der Waals surface area contributed by atoms with Crippen LogP contribution in [0, 0.1) is 11.8 Å². The van der Waals surface area contributed by atoms with Gasteiger partial charge in [-0.2, -0.15) is 0 Å². The van der Waals surface area contributed by atoms with E-state index in [0.29, 0.717) is 26.3 Å². The predicted octanol–water partition coefficient (Wildman–Crippen LogP) is 2.05. The van der Waals surface area contributed by atoms with E-state index in [1.54, 1.807) is 7.05 Å². The number of esters is 1. The fourth-order valence-electron chi connectivity index (χ4n) is 3.80. The highest BCUT2D eigenvalue weighted by atomic mass is 16.6. The first kappa shape index (κ1) is 20.3. The third-order valence-electron chi connectivity index (χ3n) is 5.64. The van der Waals surface area contributed by atoms with Crippen molar-refractivity contribution in [3.63, 3.8) is 0 Å². The van der Waals surface area contributed by atoms with Gasteiger partial charge in [0.15, 0.2) is 17.5 Å². The first-order chi connectivity index (χ1) is 13.4. The van der Waals surface area contributed by atoms with Crippen LogP contribution in [0.15, 0.2) is 23.2 Å². The van der Waals surface area contributed by atoms with Gasteiger partial charge in [-0.3, -0.25) is 9.79 Å². The van der Waals surface area contributed by atoms with Crippen molar-refractivity contribution >= 4 is 11.9 Å². The van der Waals surface area contributed by atoms with Crippen LogP contribution in [0.1, 0.15) is 26.3 Å². The van der Waals surface area contributed by atoms with Gasteiger partial charge >= 0.3 is 5.97 Å². The molecule has 1 saturated heterocycles. The van der Waals surface area contributed by atoms with E-state index in [1.807, 2.05) is 6.07 Å². The molecule has 0 aromatic heterocycles. The Morgan fingerprint density at radius 3 is 2.68 bits per heavy atom. The number of ether oxygens (including phenoxy) is 3. The Labute approximate surface area is 167 Å². The smallest absolute Gasteiger partial charge is 0.310 e. The van der Waals surface area contributed by atoms with E-state index >= 15 is 0 Å². The molecule has 7 nitrogen and oxygen atoms in total. The van der Waals surface area contributed by atoms with Gasteiger partial charge < -0.3 is 24.4 Å². The van der Waals surface area contributed by atoms with Gasteiger partial charge in [0.25, 0.3) is 0 Å². The number of methoxy groups -OCH3 is 1. The average molecular weight is 389 g/mol. The number of carbonyl (C=O) groups is 1. The van der Waals surface area contributed by atoms with Crippen molar-refractivity contribution in [2.45, 2.75) is 26.2 Å². The van der Waals surface area contributed by atoms with Crippen LogP contribution in [-0.2, 0) is 14.9 Å². The number of likely N-dealkylation sites (tertiary alicyclic amines) is 1. The summed E-state index contributed by atoms with van der Waals surface area (Å²) in [6, 6.07) is 6.12. The molecule has 2 aliphatic heterocycles. The third kappa shape index (κ3) is 4.18. The Kier molecular flexibility index (Phi) is 6.01. The number of benzene rings is 1. The standard InChI is InChI=1S/C21H31N3O4/c1-14-11-24(12-16(14)19(25)26-5)20(22-4)23-13-21(2,3)15-6-7-17-18(10-15)28-9-8-27-17/h6-7,10,14,16H,8-9,11-13H2,1-5H3,(H,22,23). The number of aliphatic imine (C=N–C) groups is 1. The van der Waals surface area contributed by atoms with E-state index in [4.69, 9.17) is 14.2 Å². The van der Waals surface area contributed by atoms with Crippen molar-refractivity contribution in [3.05, 3.63) is 23.8 Å². The largest absolute Gasteiger partial charge is 0.486 e. The number of guanidine groups is 1. The summed E-state index contributed by atoms with van der Waals surface area (Å²) < 4.78 is 16.3. The fraction of sp³-hybridized carbons (Fsp3) is 0.619. The average Bonchev–Trinajstić information content (AvgIpc) is 3.08. The van der Waals surface area contributed by atoms with E-state index in [0.717, 1.165) is 24.0 Å². The van der Waals surface area contributed by atoms with Crippen LogP contribution in [0.5, 0.6) is 11.5 Å². The maximum Gasteiger partial charge on any atom is 0.310 e. The highest BCUT2D eigenvalue weighted by Gasteiger charge is 2.37. The second-order valence-corrected chi connectivity index (χ2v) is 8.16. The maximum absolute atomic E-state index is 12.0. The van der Waals surface area contributed by atoms with Gasteiger partial charge in [-0.15, -0.1) is 0 Å². The minimum atomic E-state index is -0.151. The van der Waals surface area contributed by atoms with Crippen molar-refractivity contribution < 1.29 is 19.0 Å². The topological polar surface area (TPSA) is 72.4 Å². The Morgan fingerprint density at radius 1 is 1.29 bits per heavy atom. The fourth-order valence-corrected chi connectivity index (χ4v) is 3.80. The van der Waals surface area contributed by atoms with Gasteiger partial charge in [0.2, 0.25) is 0 Å². The summed E-state index contributed by atoms with van der Waals surface area (Å²) >= 11 is 0. The number of hydrogen-bond acceptors (Lipinski definition) is 5. The zero-order valence-electron chi connectivity index (χ0n) is 17.4. The molecule has 1 N–H and O–H groups in total. The van der Waals surface area contributed by atoms with Crippen molar-refractivity contribution in [1.29, 1.82) is 0 Å². The Bertz CT molecular complexity index is 747. The molecule has 0 bridgehead atoms. The summed E-state index contributed by atoms with van der Waals surface area (Å²) in [7, 11) is 3.22. The minimum Gasteiger partial charge on any atom is -0.486 e. The van der Waals surface area contributed by atoms with Crippen molar-refractivity contribution in [1.82, 2.24) is 10.2 Å². The summed E-state index contributed by atoms with van der Waals surface area (Å²) in [5.41, 5.74) is 1.03. The number of hydrogen-bond donors (Lipinski definition) is 1. The monoisotopic (exact) mass is 389 g/mol. The van der Waals surface area contributed by atoms with E-state index < -0.39 is 0 Å². The Balaban J connectivity index is 1.65. The van der Waals surface area contributed by atoms with Gasteiger partial charge in [-0.1, -0.05) is 26.8 Å². The summed E-state index contributed by atoms with van der Waals surface area (Å²) in [5, 5.41) is 3.48. The van der Waals surface area contributed by atoms with Gasteiger partial charge in [-0.05, 0) is 23.6 Å². The minimum absolute atomic E-state index is 0.116. The SMILES string of the molecule is CN=C(NCC(C)(C)c1ccc2c(c1)OCCO2)N1CC(C)C(C(=O)OC)C1. The van der Waals surface area contributed by atoms with Crippen LogP contribution in [0.3, 0.4) is 0 Å². The van der Waals surface area contributed by atoms with Crippen molar-refractivity contribution in [2.24, 2.45) is 16.8 Å². The van der Waals surface area contributed by atoms with Crippen LogP contribution in [0.4, 0.5) is 0 Å². The molecular formula is C21H31N3O4. The van der Waals surface area contributed by atoms with Gasteiger partial charge in [-0.25, -0.2) is 0 Å². The number of nitrogens with one attached hydrogen (secondary N) is 1. The maximum atomic E-state index is 12.0. The second-order valence-electron chi connectivity index (χ2n) is 8.16. The molecule has 0 aliphatic carbocycles. The summed E-state index contributed by atoms with van der Waals surface area (Å²) in [6.07, 6.45) is 0. The van der Waals surface area contributed by atoms with Crippen LogP contribution in [0.2, 0.25) is 0 Å². The van der Waals surface area contributed by atoms with Gasteiger partial charge in [0.05, 0.1) is 13.0 Å². The lowest BCUT2D eigenvalue weighted by molar-refractivity contribution is -0.145. The zero-order valence-corrected chi connectivity index (χ0v) is 17.4. The number of fused-ring (bicyclic) bond motifs is 1. The van der Waals surface area contributed by atoms with Gasteiger partial charge in [0, 0.05) is 32.1 Å². The lowest BCUT2D eigenvalue weighted by Crippen LogP contribution is -2.45. The van der Waals surface area contributed by atoms with E-state index in [-0.39, 0.29) is 23.2 Å². The van der Waals surface area contributed by atoms with Crippen LogP contribution < -0.4 is 14.8 Å². The molecule has 2 aliphatic rings. The quantitative estimate of drug-likeness (QED) is 0.483. The summed E-state index contributed by atoms with van der Waals surface area (Å²) in [6.45, 7) is 9.72. The van der Waals surface area contributed by atoms with Crippen LogP contribution in [-0.4, -0.2) is 63.8 Å². The highest BCUT2D eigenvalue weighted by Crippen LogP contribution is 2.35. The molecule has 2 atom stereocenters. The molecule has 3 rings (SSSR count). The molecule has 28 heavy (non-hydrogen) atoms. The molecule has 2 heterocycles. The molecule has 1 fully saturated rings. The molecule has 0 spiro atoms. The second kappa shape index (κ2) is 8.29. The summed E-state index contributed by atoms with van der Waals surface area (Å²) in [5.74, 6) is 2.38. The normalized spacial score (nSPS) is 22.2. The molecule has 1 aromatic rings. The highest BCUT2D eigenvalue weighted by molar-refractivity contribution is 5.82. The number of rotatable bonds is 4. The molecular weight excluding hydrogens is 358 g/mol. The number of carbonyl (C=O) groups excluding carboxylic acids is 1. The lowest BCUT2D eigenvalue weighted by atomic mass is 9.84. The zero-order chi connectivity index (χ0) is 20.3. The first-order valence-electron chi connectivity index (χ1n) is 9.79. The summed E-state index contributed by atoms with van der Waals surface area (Å²) in [4.78, 5) is 18.5. The van der Waals surface area contributed by atoms with Crippen molar-refractivity contribution in [2.75, 3.05) is 47.0 Å². The number of nitrogens with zero attached hydrogens (tertiary/aromatic N) is 2. The van der Waals surface area contributed by atoms with E-state index in [9.17, 15) is 4.79 Å². The molecule has 154 valence electrons. The van der Waals surface area contributed by atoms with E-state index in [1.165, 1.54) is 12.7 Å². The third-order valence-corrected chi connectivity index (χ3v) is 5.64. The molecule has 0 saturated carbocycles. The molecule has 7 heteroatoms. The van der Waals surface area contributed by atoms with Gasteiger partial charge in [0.1, 0.15) is 13.2 Å². The van der Waals surface area contributed by atoms with E-state index in [2.05, 4.69) is 48.1 Å². The molecule has 0 radical (unpaired) electrons. The Hall–Kier alpha value is -2.44. The lowest BCUT2D eigenvalue weighted by Gasteiger charge is -2.30. The van der Waals surface area contributed by atoms with Crippen molar-refractivity contribution in [3.8, 4) is 11.5 Å². The molecule has 1 aromatic carbocycles. The molecule has 2 unspecified atom stereocenters.